The summed E-state index contributed by atoms with van der Waals surface area (Å²) in [5.74, 6) is 0.857. The summed E-state index contributed by atoms with van der Waals surface area (Å²) in [6, 6.07) is 10.5. The Kier molecular flexibility index (Phi) is 5.94. The lowest BCUT2D eigenvalue weighted by molar-refractivity contribution is -0.120. The van der Waals surface area contributed by atoms with Gasteiger partial charge in [0.05, 0.1) is 31.5 Å². The van der Waals surface area contributed by atoms with E-state index < -0.39 is 0 Å². The van der Waals surface area contributed by atoms with Gasteiger partial charge in [0, 0.05) is 23.5 Å². The molecule has 8 heteroatoms. The summed E-state index contributed by atoms with van der Waals surface area (Å²) in [6.45, 7) is 4.19. The molecule has 0 unspecified atom stereocenters. The van der Waals surface area contributed by atoms with Gasteiger partial charge in [0.1, 0.15) is 5.82 Å². The number of fused-ring (bicyclic) bond motifs is 3. The van der Waals surface area contributed by atoms with Crippen molar-refractivity contribution in [3.8, 4) is 11.5 Å². The van der Waals surface area contributed by atoms with Gasteiger partial charge in [-0.15, -0.1) is 0 Å². The minimum Gasteiger partial charge on any atom is -0.493 e. The van der Waals surface area contributed by atoms with Crippen molar-refractivity contribution in [1.29, 1.82) is 0 Å². The fraction of sp³-hybridized carbons (Fsp3) is 0.292. The van der Waals surface area contributed by atoms with Crippen molar-refractivity contribution in [2.75, 3.05) is 20.8 Å². The lowest BCUT2D eigenvalue weighted by Gasteiger charge is -2.12. The second-order valence-corrected chi connectivity index (χ2v) is 7.60. The normalized spacial score (nSPS) is 11.2. The van der Waals surface area contributed by atoms with Gasteiger partial charge in [0.2, 0.25) is 5.91 Å². The molecule has 0 fully saturated rings. The minimum absolute atomic E-state index is 0.110. The predicted octanol–water partition coefficient (Wildman–Crippen LogP) is 3.56. The first-order valence-electron chi connectivity index (χ1n) is 10.3. The highest BCUT2D eigenvalue weighted by Crippen LogP contribution is 2.28. The molecule has 32 heavy (non-hydrogen) atoms. The first kappa shape index (κ1) is 21.5. The van der Waals surface area contributed by atoms with Crippen molar-refractivity contribution in [2.24, 2.45) is 0 Å². The number of ether oxygens (including phenoxy) is 2. The average Bonchev–Trinajstić information content (AvgIpc) is 3.16. The van der Waals surface area contributed by atoms with Crippen molar-refractivity contribution in [2.45, 2.75) is 26.7 Å². The topological polar surface area (TPSA) is 77.8 Å². The molecule has 4 rings (SSSR count). The van der Waals surface area contributed by atoms with Crippen LogP contribution in [0.5, 0.6) is 11.5 Å². The predicted molar refractivity (Wildman–Crippen MR) is 120 cm³/mol. The summed E-state index contributed by atoms with van der Waals surface area (Å²) in [4.78, 5) is 17.2. The standard InChI is InChI=1S/C24H25FN4O3/c1-14-17(15(2)29-24(27-14)23-18(25)6-5-7-19(23)28-29)13-22(30)26-11-10-16-8-9-20(31-3)21(12-16)32-4/h5-9,12H,10-11,13H2,1-4H3,(H,26,30). The van der Waals surface area contributed by atoms with Crippen LogP contribution in [-0.4, -0.2) is 41.3 Å². The van der Waals surface area contributed by atoms with Crippen molar-refractivity contribution in [3.63, 3.8) is 0 Å². The molecule has 0 aliphatic rings. The molecule has 7 nitrogen and oxygen atoms in total. The van der Waals surface area contributed by atoms with Crippen LogP contribution in [0.1, 0.15) is 22.5 Å². The zero-order chi connectivity index (χ0) is 22.8. The number of methoxy groups -OCH3 is 2. The van der Waals surface area contributed by atoms with Gasteiger partial charge in [0.15, 0.2) is 17.1 Å². The number of nitrogens with one attached hydrogen (secondary N) is 1. The molecule has 0 spiro atoms. The third-order valence-electron chi connectivity index (χ3n) is 5.61. The van der Waals surface area contributed by atoms with Gasteiger partial charge in [-0.2, -0.15) is 5.10 Å². The smallest absolute Gasteiger partial charge is 0.224 e. The molecule has 1 N–H and O–H groups in total. The zero-order valence-electron chi connectivity index (χ0n) is 18.5. The largest absolute Gasteiger partial charge is 0.493 e. The molecule has 166 valence electrons. The molecule has 0 radical (unpaired) electrons. The Bertz CT molecular complexity index is 1320. The van der Waals surface area contributed by atoms with Crippen LogP contribution >= 0.6 is 0 Å². The van der Waals surface area contributed by atoms with Crippen LogP contribution in [0.3, 0.4) is 0 Å². The number of aryl methyl sites for hydroxylation is 2. The van der Waals surface area contributed by atoms with E-state index in [1.165, 1.54) is 6.07 Å². The maximum Gasteiger partial charge on any atom is 0.224 e. The number of benzene rings is 2. The van der Waals surface area contributed by atoms with E-state index in [4.69, 9.17) is 9.47 Å². The van der Waals surface area contributed by atoms with E-state index in [0.29, 0.717) is 46.7 Å². The van der Waals surface area contributed by atoms with Crippen LogP contribution in [0.4, 0.5) is 4.39 Å². The van der Waals surface area contributed by atoms with Gasteiger partial charge in [0.25, 0.3) is 0 Å². The second kappa shape index (κ2) is 8.82. The molecular weight excluding hydrogens is 411 g/mol. The summed E-state index contributed by atoms with van der Waals surface area (Å²) >= 11 is 0. The maximum atomic E-state index is 14.3. The third kappa shape index (κ3) is 3.95. The summed E-state index contributed by atoms with van der Waals surface area (Å²) in [5, 5.41) is 7.83. The number of carbonyl (C=O) groups is 1. The second-order valence-electron chi connectivity index (χ2n) is 7.60. The summed E-state index contributed by atoms with van der Waals surface area (Å²) < 4.78 is 26.5. The van der Waals surface area contributed by atoms with Gasteiger partial charge in [-0.3, -0.25) is 4.79 Å². The van der Waals surface area contributed by atoms with Crippen molar-refractivity contribution < 1.29 is 18.7 Å². The highest BCUT2D eigenvalue weighted by molar-refractivity contribution is 5.93. The van der Waals surface area contributed by atoms with Gasteiger partial charge < -0.3 is 14.8 Å². The van der Waals surface area contributed by atoms with Crippen LogP contribution in [0.25, 0.3) is 16.6 Å². The molecule has 0 aliphatic carbocycles. The number of rotatable bonds is 7. The Morgan fingerprint density at radius 1 is 1.12 bits per heavy atom. The molecule has 0 bridgehead atoms. The molecule has 1 amide bonds. The average molecular weight is 436 g/mol. The van der Waals surface area contributed by atoms with Gasteiger partial charge >= 0.3 is 0 Å². The molecular formula is C24H25FN4O3. The van der Waals surface area contributed by atoms with Crippen LogP contribution in [0.2, 0.25) is 0 Å². The zero-order valence-corrected chi connectivity index (χ0v) is 18.5. The first-order chi connectivity index (χ1) is 15.4. The molecule has 4 aromatic rings. The van der Waals surface area contributed by atoms with E-state index in [-0.39, 0.29) is 18.1 Å². The lowest BCUT2D eigenvalue weighted by atomic mass is 10.1. The fourth-order valence-electron chi connectivity index (χ4n) is 3.89. The summed E-state index contributed by atoms with van der Waals surface area (Å²) in [6.07, 6.45) is 0.830. The monoisotopic (exact) mass is 436 g/mol. The number of amides is 1. The minimum atomic E-state index is -0.357. The van der Waals surface area contributed by atoms with Crippen LogP contribution in [0.15, 0.2) is 36.4 Å². The Labute approximate surface area is 185 Å². The lowest BCUT2D eigenvalue weighted by Crippen LogP contribution is -2.28. The number of hydrogen-bond donors (Lipinski definition) is 1. The molecule has 2 aromatic carbocycles. The van der Waals surface area contributed by atoms with Gasteiger partial charge in [-0.05, 0) is 50.1 Å². The summed E-state index contributed by atoms with van der Waals surface area (Å²) in [7, 11) is 3.19. The van der Waals surface area contributed by atoms with E-state index >= 15 is 0 Å². The van der Waals surface area contributed by atoms with Gasteiger partial charge in [-0.1, -0.05) is 12.1 Å². The molecule has 2 heterocycles. The number of carbonyl (C=O) groups excluding carboxylic acids is 1. The van der Waals surface area contributed by atoms with E-state index in [2.05, 4.69) is 15.4 Å². The van der Waals surface area contributed by atoms with Crippen LogP contribution in [-0.2, 0) is 17.6 Å². The van der Waals surface area contributed by atoms with Crippen LogP contribution in [0, 0.1) is 19.7 Å². The highest BCUT2D eigenvalue weighted by atomic mass is 19.1. The maximum absolute atomic E-state index is 14.3. The number of aromatic nitrogens is 3. The third-order valence-corrected chi connectivity index (χ3v) is 5.61. The Hall–Kier alpha value is -3.68. The number of nitrogens with zero attached hydrogens (tertiary/aromatic N) is 3. The summed E-state index contributed by atoms with van der Waals surface area (Å²) in [5.41, 5.74) is 4.29. The number of halogens is 1. The SMILES string of the molecule is COc1ccc(CCNC(=O)Cc2c(C)nc3c4c(F)cccc4nn3c2C)cc1OC. The van der Waals surface area contributed by atoms with Crippen molar-refractivity contribution in [1.82, 2.24) is 19.9 Å². The quantitative estimate of drug-likeness (QED) is 0.479. The van der Waals surface area contributed by atoms with E-state index in [1.54, 1.807) is 30.9 Å². The number of hydrogen-bond acceptors (Lipinski definition) is 5. The van der Waals surface area contributed by atoms with E-state index in [0.717, 1.165) is 16.8 Å². The molecule has 2 aromatic heterocycles. The Morgan fingerprint density at radius 2 is 1.91 bits per heavy atom. The van der Waals surface area contributed by atoms with Crippen molar-refractivity contribution >= 4 is 22.5 Å². The Balaban J connectivity index is 1.48. The molecule has 0 atom stereocenters. The first-order valence-corrected chi connectivity index (χ1v) is 10.3. The van der Waals surface area contributed by atoms with Crippen LogP contribution < -0.4 is 14.8 Å². The Morgan fingerprint density at radius 3 is 2.66 bits per heavy atom. The highest BCUT2D eigenvalue weighted by Gasteiger charge is 2.18. The molecule has 0 saturated heterocycles. The van der Waals surface area contributed by atoms with E-state index in [1.807, 2.05) is 32.0 Å². The molecule has 0 aliphatic heterocycles. The van der Waals surface area contributed by atoms with Gasteiger partial charge in [-0.25, -0.2) is 13.9 Å². The molecule has 0 saturated carbocycles. The van der Waals surface area contributed by atoms with Crippen molar-refractivity contribution in [3.05, 3.63) is 64.7 Å². The van der Waals surface area contributed by atoms with E-state index in [9.17, 15) is 9.18 Å². The fourth-order valence-corrected chi connectivity index (χ4v) is 3.89.